The average molecular weight is 225 g/mol. The minimum Gasteiger partial charge on any atom is -0.340 e. The van der Waals surface area contributed by atoms with E-state index in [2.05, 4.69) is 22.2 Å². The van der Waals surface area contributed by atoms with E-state index in [0.717, 1.165) is 19.6 Å². The highest BCUT2D eigenvalue weighted by atomic mass is 16.2. The Morgan fingerprint density at radius 2 is 2.00 bits per heavy atom. The van der Waals surface area contributed by atoms with Gasteiger partial charge in [0, 0.05) is 19.6 Å². The van der Waals surface area contributed by atoms with Gasteiger partial charge in [-0.15, -0.1) is 0 Å². The smallest absolute Gasteiger partial charge is 0.239 e. The number of piperidine rings is 1. The van der Waals surface area contributed by atoms with E-state index < -0.39 is 0 Å². The van der Waals surface area contributed by atoms with Crippen LogP contribution in [0.15, 0.2) is 0 Å². The van der Waals surface area contributed by atoms with Crippen LogP contribution >= 0.6 is 0 Å². The predicted molar refractivity (Wildman–Crippen MR) is 64.3 cm³/mol. The number of amides is 1. The van der Waals surface area contributed by atoms with Gasteiger partial charge in [0.2, 0.25) is 5.91 Å². The van der Waals surface area contributed by atoms with E-state index >= 15 is 0 Å². The SMILES string of the molecule is CC1NCCN(CC2CCN(C)CC2)C1=O. The Morgan fingerprint density at radius 3 is 2.69 bits per heavy atom. The third-order valence-electron chi connectivity index (χ3n) is 3.83. The molecule has 0 radical (unpaired) electrons. The summed E-state index contributed by atoms with van der Waals surface area (Å²) >= 11 is 0. The van der Waals surface area contributed by atoms with Crippen LogP contribution in [0, 0.1) is 5.92 Å². The summed E-state index contributed by atoms with van der Waals surface area (Å²) in [5.41, 5.74) is 0. The largest absolute Gasteiger partial charge is 0.340 e. The van der Waals surface area contributed by atoms with Crippen LogP contribution in [-0.4, -0.2) is 61.5 Å². The average Bonchev–Trinajstić information content (AvgIpc) is 2.28. The molecular formula is C12H23N3O. The normalized spacial score (nSPS) is 29.8. The van der Waals surface area contributed by atoms with E-state index in [9.17, 15) is 4.79 Å². The molecule has 4 nitrogen and oxygen atoms in total. The third-order valence-corrected chi connectivity index (χ3v) is 3.83. The van der Waals surface area contributed by atoms with Crippen LogP contribution < -0.4 is 5.32 Å². The quantitative estimate of drug-likeness (QED) is 0.726. The van der Waals surface area contributed by atoms with E-state index in [1.165, 1.54) is 25.9 Å². The number of carbonyl (C=O) groups is 1. The van der Waals surface area contributed by atoms with Gasteiger partial charge in [0.05, 0.1) is 6.04 Å². The number of nitrogens with zero attached hydrogens (tertiary/aromatic N) is 2. The highest BCUT2D eigenvalue weighted by Crippen LogP contribution is 2.18. The molecule has 2 aliphatic heterocycles. The molecule has 2 fully saturated rings. The zero-order chi connectivity index (χ0) is 11.5. The molecular weight excluding hydrogens is 202 g/mol. The van der Waals surface area contributed by atoms with Crippen molar-refractivity contribution in [3.05, 3.63) is 0 Å². The first-order valence-corrected chi connectivity index (χ1v) is 6.37. The molecule has 0 aromatic carbocycles. The summed E-state index contributed by atoms with van der Waals surface area (Å²) < 4.78 is 0. The van der Waals surface area contributed by atoms with E-state index in [1.54, 1.807) is 0 Å². The first kappa shape index (κ1) is 11.9. The van der Waals surface area contributed by atoms with E-state index in [4.69, 9.17) is 0 Å². The molecule has 2 saturated heterocycles. The first-order valence-electron chi connectivity index (χ1n) is 6.37. The molecule has 0 aliphatic carbocycles. The topological polar surface area (TPSA) is 35.6 Å². The fourth-order valence-electron chi connectivity index (χ4n) is 2.62. The van der Waals surface area contributed by atoms with Crippen LogP contribution in [0.4, 0.5) is 0 Å². The van der Waals surface area contributed by atoms with Gasteiger partial charge in [-0.1, -0.05) is 0 Å². The van der Waals surface area contributed by atoms with Gasteiger partial charge < -0.3 is 15.1 Å². The Bertz CT molecular complexity index is 249. The van der Waals surface area contributed by atoms with Crippen molar-refractivity contribution in [1.29, 1.82) is 0 Å². The van der Waals surface area contributed by atoms with Crippen LogP contribution in [0.1, 0.15) is 19.8 Å². The van der Waals surface area contributed by atoms with Crippen molar-refractivity contribution < 1.29 is 4.79 Å². The molecule has 0 bridgehead atoms. The fourth-order valence-corrected chi connectivity index (χ4v) is 2.62. The van der Waals surface area contributed by atoms with Gasteiger partial charge in [-0.25, -0.2) is 0 Å². The van der Waals surface area contributed by atoms with Crippen molar-refractivity contribution >= 4 is 5.91 Å². The Kier molecular flexibility index (Phi) is 3.82. The Labute approximate surface area is 98.0 Å². The third kappa shape index (κ3) is 2.74. The van der Waals surface area contributed by atoms with Gasteiger partial charge in [-0.3, -0.25) is 4.79 Å². The highest BCUT2D eigenvalue weighted by molar-refractivity contribution is 5.82. The lowest BCUT2D eigenvalue weighted by atomic mass is 9.96. The van der Waals surface area contributed by atoms with Crippen LogP contribution in [0.5, 0.6) is 0 Å². The zero-order valence-corrected chi connectivity index (χ0v) is 10.4. The maximum absolute atomic E-state index is 11.9. The summed E-state index contributed by atoms with van der Waals surface area (Å²) in [6, 6.07) is 0.0139. The maximum atomic E-state index is 11.9. The molecule has 2 heterocycles. The minimum atomic E-state index is 0.0139. The molecule has 0 spiro atoms. The van der Waals surface area contributed by atoms with Gasteiger partial charge in [0.1, 0.15) is 0 Å². The number of carbonyl (C=O) groups excluding carboxylic acids is 1. The number of piperazine rings is 1. The summed E-state index contributed by atoms with van der Waals surface area (Å²) in [6.45, 7) is 7.12. The van der Waals surface area contributed by atoms with E-state index in [1.807, 2.05) is 6.92 Å². The van der Waals surface area contributed by atoms with Crippen molar-refractivity contribution in [2.24, 2.45) is 5.92 Å². The summed E-state index contributed by atoms with van der Waals surface area (Å²) in [6.07, 6.45) is 2.48. The standard InChI is InChI=1S/C12H23N3O/c1-10-12(16)15(8-5-13-10)9-11-3-6-14(2)7-4-11/h10-11,13H,3-9H2,1-2H3. The van der Waals surface area contributed by atoms with Crippen LogP contribution in [-0.2, 0) is 4.79 Å². The highest BCUT2D eigenvalue weighted by Gasteiger charge is 2.27. The summed E-state index contributed by atoms with van der Waals surface area (Å²) in [7, 11) is 2.17. The summed E-state index contributed by atoms with van der Waals surface area (Å²) in [5.74, 6) is 0.996. The van der Waals surface area contributed by atoms with Crippen molar-refractivity contribution in [1.82, 2.24) is 15.1 Å². The summed E-state index contributed by atoms with van der Waals surface area (Å²) in [4.78, 5) is 16.3. The molecule has 0 aromatic rings. The van der Waals surface area contributed by atoms with E-state index in [0.29, 0.717) is 5.92 Å². The van der Waals surface area contributed by atoms with Crippen molar-refractivity contribution in [2.45, 2.75) is 25.8 Å². The lowest BCUT2D eigenvalue weighted by Crippen LogP contribution is -2.55. The molecule has 0 saturated carbocycles. The molecule has 16 heavy (non-hydrogen) atoms. The molecule has 4 heteroatoms. The van der Waals surface area contributed by atoms with Gasteiger partial charge in [-0.2, -0.15) is 0 Å². The zero-order valence-electron chi connectivity index (χ0n) is 10.4. The Hall–Kier alpha value is -0.610. The second-order valence-corrected chi connectivity index (χ2v) is 5.21. The van der Waals surface area contributed by atoms with Crippen LogP contribution in [0.25, 0.3) is 0 Å². The Balaban J connectivity index is 1.82. The maximum Gasteiger partial charge on any atom is 0.239 e. The van der Waals surface area contributed by atoms with Gasteiger partial charge in [0.15, 0.2) is 0 Å². The number of hydrogen-bond acceptors (Lipinski definition) is 3. The molecule has 1 atom stereocenters. The monoisotopic (exact) mass is 225 g/mol. The lowest BCUT2D eigenvalue weighted by Gasteiger charge is -2.36. The predicted octanol–water partition coefficient (Wildman–Crippen LogP) is 0.149. The van der Waals surface area contributed by atoms with Crippen LogP contribution in [0.2, 0.25) is 0 Å². The molecule has 1 unspecified atom stereocenters. The van der Waals surface area contributed by atoms with Crippen molar-refractivity contribution in [3.63, 3.8) is 0 Å². The van der Waals surface area contributed by atoms with Gasteiger partial charge in [0.25, 0.3) is 0 Å². The van der Waals surface area contributed by atoms with Crippen molar-refractivity contribution in [2.75, 3.05) is 39.8 Å². The number of hydrogen-bond donors (Lipinski definition) is 1. The minimum absolute atomic E-state index is 0.0139. The molecule has 1 N–H and O–H groups in total. The molecule has 2 rings (SSSR count). The summed E-state index contributed by atoms with van der Waals surface area (Å²) in [5, 5.41) is 3.21. The van der Waals surface area contributed by atoms with E-state index in [-0.39, 0.29) is 11.9 Å². The van der Waals surface area contributed by atoms with Crippen molar-refractivity contribution in [3.8, 4) is 0 Å². The second-order valence-electron chi connectivity index (χ2n) is 5.21. The molecule has 92 valence electrons. The van der Waals surface area contributed by atoms with Gasteiger partial charge >= 0.3 is 0 Å². The Morgan fingerprint density at radius 1 is 1.31 bits per heavy atom. The first-order chi connectivity index (χ1) is 7.66. The molecule has 2 aliphatic rings. The number of likely N-dealkylation sites (tertiary alicyclic amines) is 1. The van der Waals surface area contributed by atoms with Gasteiger partial charge in [-0.05, 0) is 45.8 Å². The molecule has 1 amide bonds. The second kappa shape index (κ2) is 5.15. The fraction of sp³-hybridized carbons (Fsp3) is 0.917. The number of rotatable bonds is 2. The number of nitrogens with one attached hydrogen (secondary N) is 1. The lowest BCUT2D eigenvalue weighted by molar-refractivity contribution is -0.136. The van der Waals surface area contributed by atoms with Crippen LogP contribution in [0.3, 0.4) is 0 Å². The molecule has 0 aromatic heterocycles.